The summed E-state index contributed by atoms with van der Waals surface area (Å²) >= 11 is 1.61. The highest BCUT2D eigenvalue weighted by atomic mass is 32.1. The van der Waals surface area contributed by atoms with E-state index in [0.29, 0.717) is 26.1 Å². The van der Waals surface area contributed by atoms with Crippen molar-refractivity contribution in [2.75, 3.05) is 38.2 Å². The van der Waals surface area contributed by atoms with Crippen LogP contribution < -0.4 is 5.32 Å². The summed E-state index contributed by atoms with van der Waals surface area (Å²) in [6, 6.07) is 5.81. The van der Waals surface area contributed by atoms with Gasteiger partial charge in [0.1, 0.15) is 12.4 Å². The molecule has 0 radical (unpaired) electrons. The van der Waals surface area contributed by atoms with E-state index in [2.05, 4.69) is 17.2 Å². The molecule has 2 aliphatic rings. The van der Waals surface area contributed by atoms with Gasteiger partial charge >= 0.3 is 0 Å². The first kappa shape index (κ1) is 21.7. The van der Waals surface area contributed by atoms with Crippen LogP contribution in [0.4, 0.5) is 10.9 Å². The van der Waals surface area contributed by atoms with Crippen LogP contribution in [0.2, 0.25) is 0 Å². The third kappa shape index (κ3) is 5.22. The zero-order chi connectivity index (χ0) is 21.8. The van der Waals surface area contributed by atoms with Crippen molar-refractivity contribution in [2.24, 2.45) is 0 Å². The SMILES string of the molecule is Cc1nc(Nc2cccc([C@@H]3CCCN3C(=O)COCCN3CCCC3=O)n2)sc1C. The van der Waals surface area contributed by atoms with Gasteiger partial charge in [-0.25, -0.2) is 9.97 Å². The van der Waals surface area contributed by atoms with Crippen molar-refractivity contribution in [1.29, 1.82) is 0 Å². The topological polar surface area (TPSA) is 87.7 Å². The van der Waals surface area contributed by atoms with Gasteiger partial charge in [0, 0.05) is 30.9 Å². The van der Waals surface area contributed by atoms with E-state index < -0.39 is 0 Å². The number of hydrogen-bond acceptors (Lipinski definition) is 7. The lowest BCUT2D eigenvalue weighted by atomic mass is 10.1. The van der Waals surface area contributed by atoms with Crippen molar-refractivity contribution < 1.29 is 14.3 Å². The second kappa shape index (κ2) is 9.74. The molecule has 0 aliphatic carbocycles. The number of ether oxygens (including phenoxy) is 1. The molecule has 1 N–H and O–H groups in total. The molecule has 0 aromatic carbocycles. The Hall–Kier alpha value is -2.52. The predicted octanol–water partition coefficient (Wildman–Crippen LogP) is 3.20. The highest BCUT2D eigenvalue weighted by Gasteiger charge is 2.31. The van der Waals surface area contributed by atoms with Gasteiger partial charge in [0.05, 0.1) is 24.0 Å². The van der Waals surface area contributed by atoms with Crippen LogP contribution in [0, 0.1) is 13.8 Å². The Kier molecular flexibility index (Phi) is 6.82. The summed E-state index contributed by atoms with van der Waals surface area (Å²) < 4.78 is 5.59. The molecule has 0 bridgehead atoms. The number of pyridine rings is 1. The van der Waals surface area contributed by atoms with Crippen molar-refractivity contribution in [3.8, 4) is 0 Å². The van der Waals surface area contributed by atoms with Crippen LogP contribution in [0.5, 0.6) is 0 Å². The maximum atomic E-state index is 12.8. The van der Waals surface area contributed by atoms with Gasteiger partial charge in [-0.05, 0) is 45.2 Å². The lowest BCUT2D eigenvalue weighted by Crippen LogP contribution is -2.35. The number of amides is 2. The zero-order valence-corrected chi connectivity index (χ0v) is 18.9. The Balaban J connectivity index is 1.33. The minimum absolute atomic E-state index is 0.0263. The number of likely N-dealkylation sites (tertiary alicyclic amines) is 2. The van der Waals surface area contributed by atoms with E-state index in [0.717, 1.165) is 48.1 Å². The number of carbonyl (C=O) groups excluding carboxylic acids is 2. The zero-order valence-electron chi connectivity index (χ0n) is 18.1. The molecule has 0 spiro atoms. The van der Waals surface area contributed by atoms with Gasteiger partial charge in [-0.2, -0.15) is 0 Å². The van der Waals surface area contributed by atoms with Gasteiger partial charge in [-0.1, -0.05) is 6.07 Å². The first-order chi connectivity index (χ1) is 15.0. The monoisotopic (exact) mass is 443 g/mol. The van der Waals surface area contributed by atoms with Gasteiger partial charge in [0.15, 0.2) is 5.13 Å². The van der Waals surface area contributed by atoms with Gasteiger partial charge in [0.25, 0.3) is 0 Å². The van der Waals surface area contributed by atoms with Crippen LogP contribution in [0.15, 0.2) is 18.2 Å². The third-order valence-electron chi connectivity index (χ3n) is 5.85. The molecule has 4 rings (SSSR count). The van der Waals surface area contributed by atoms with Crippen molar-refractivity contribution in [3.63, 3.8) is 0 Å². The van der Waals surface area contributed by atoms with E-state index in [1.165, 1.54) is 4.88 Å². The first-order valence-electron chi connectivity index (χ1n) is 10.8. The van der Waals surface area contributed by atoms with E-state index in [4.69, 9.17) is 9.72 Å². The van der Waals surface area contributed by atoms with E-state index in [1.54, 1.807) is 16.2 Å². The van der Waals surface area contributed by atoms with Crippen molar-refractivity contribution >= 4 is 34.1 Å². The Morgan fingerprint density at radius 2 is 2.13 bits per heavy atom. The summed E-state index contributed by atoms with van der Waals surface area (Å²) in [5.74, 6) is 0.885. The molecule has 1 atom stereocenters. The van der Waals surface area contributed by atoms with Gasteiger partial charge in [-0.15, -0.1) is 11.3 Å². The van der Waals surface area contributed by atoms with E-state index in [9.17, 15) is 9.59 Å². The highest BCUT2D eigenvalue weighted by Crippen LogP contribution is 2.32. The normalized spacial score (nSPS) is 18.8. The molecule has 166 valence electrons. The summed E-state index contributed by atoms with van der Waals surface area (Å²) in [4.78, 5) is 38.5. The second-order valence-corrected chi connectivity index (χ2v) is 9.22. The molecule has 2 fully saturated rings. The fourth-order valence-corrected chi connectivity index (χ4v) is 4.89. The summed E-state index contributed by atoms with van der Waals surface area (Å²) in [5, 5.41) is 4.10. The quantitative estimate of drug-likeness (QED) is 0.631. The number of hydrogen-bond donors (Lipinski definition) is 1. The average Bonchev–Trinajstić information content (AvgIpc) is 3.47. The van der Waals surface area contributed by atoms with Crippen LogP contribution in [0.1, 0.15) is 48.0 Å². The number of nitrogens with zero attached hydrogens (tertiary/aromatic N) is 4. The number of thiazole rings is 1. The number of anilines is 2. The maximum Gasteiger partial charge on any atom is 0.249 e. The number of carbonyl (C=O) groups is 2. The van der Waals surface area contributed by atoms with Gasteiger partial charge in [0.2, 0.25) is 11.8 Å². The van der Waals surface area contributed by atoms with Crippen LogP contribution in [0.3, 0.4) is 0 Å². The molecule has 2 aromatic heterocycles. The fourth-order valence-electron chi connectivity index (χ4n) is 4.07. The molecular weight excluding hydrogens is 414 g/mol. The molecular formula is C22H29N5O3S. The molecule has 2 aromatic rings. The third-order valence-corrected chi connectivity index (χ3v) is 6.84. The Morgan fingerprint density at radius 3 is 2.87 bits per heavy atom. The van der Waals surface area contributed by atoms with E-state index >= 15 is 0 Å². The molecule has 8 nitrogen and oxygen atoms in total. The average molecular weight is 444 g/mol. The van der Waals surface area contributed by atoms with E-state index in [-0.39, 0.29) is 24.5 Å². The Morgan fingerprint density at radius 1 is 1.26 bits per heavy atom. The first-order valence-corrected chi connectivity index (χ1v) is 11.7. The van der Waals surface area contributed by atoms with Gasteiger partial charge in [-0.3, -0.25) is 9.59 Å². The molecule has 2 aliphatic heterocycles. The summed E-state index contributed by atoms with van der Waals surface area (Å²) in [6.07, 6.45) is 3.37. The van der Waals surface area contributed by atoms with Crippen molar-refractivity contribution in [2.45, 2.75) is 45.6 Å². The lowest BCUT2D eigenvalue weighted by Gasteiger charge is -2.25. The number of rotatable bonds is 8. The number of aromatic nitrogens is 2. The van der Waals surface area contributed by atoms with Crippen LogP contribution in [-0.2, 0) is 14.3 Å². The van der Waals surface area contributed by atoms with Crippen LogP contribution in [-0.4, -0.2) is 64.4 Å². The summed E-state index contributed by atoms with van der Waals surface area (Å²) in [6.45, 7) is 6.53. The van der Waals surface area contributed by atoms with Gasteiger partial charge < -0.3 is 19.9 Å². The van der Waals surface area contributed by atoms with Crippen LogP contribution >= 0.6 is 11.3 Å². The molecule has 0 unspecified atom stereocenters. The molecule has 31 heavy (non-hydrogen) atoms. The van der Waals surface area contributed by atoms with E-state index in [1.807, 2.05) is 30.0 Å². The molecule has 0 saturated carbocycles. The van der Waals surface area contributed by atoms with Crippen LogP contribution in [0.25, 0.3) is 0 Å². The molecule has 2 amide bonds. The smallest absolute Gasteiger partial charge is 0.249 e. The predicted molar refractivity (Wildman–Crippen MR) is 119 cm³/mol. The Bertz CT molecular complexity index is 927. The standard InChI is InChI=1S/C22H29N5O3S/c1-15-16(2)31-22(23-15)25-19-8-3-6-17(24-19)18-7-4-11-27(18)21(29)14-30-13-12-26-10-5-9-20(26)28/h3,6,8,18H,4-5,7,9-14H2,1-2H3,(H,23,24,25)/t18-/m0/s1. The summed E-state index contributed by atoms with van der Waals surface area (Å²) in [5.41, 5.74) is 1.90. The molecule has 9 heteroatoms. The highest BCUT2D eigenvalue weighted by molar-refractivity contribution is 7.15. The lowest BCUT2D eigenvalue weighted by molar-refractivity contribution is -0.137. The molecule has 4 heterocycles. The maximum absolute atomic E-state index is 12.8. The fraction of sp³-hybridized carbons (Fsp3) is 0.545. The summed E-state index contributed by atoms with van der Waals surface area (Å²) in [7, 11) is 0. The second-order valence-electron chi connectivity index (χ2n) is 8.02. The minimum Gasteiger partial charge on any atom is -0.370 e. The Labute approximate surface area is 186 Å². The number of nitrogens with one attached hydrogen (secondary N) is 1. The van der Waals surface area contributed by atoms with Crippen molar-refractivity contribution in [1.82, 2.24) is 19.8 Å². The van der Waals surface area contributed by atoms with Crippen molar-refractivity contribution in [3.05, 3.63) is 34.5 Å². The largest absolute Gasteiger partial charge is 0.370 e. The molecule has 2 saturated heterocycles. The minimum atomic E-state index is -0.0437. The number of aryl methyl sites for hydroxylation is 2.